The van der Waals surface area contributed by atoms with E-state index < -0.39 is 126 Å². The Morgan fingerprint density at radius 3 is 1.19 bits per heavy atom. The van der Waals surface area contributed by atoms with Crippen LogP contribution in [0, 0.1) is 35.5 Å². The smallest absolute Gasteiger partial charge is 0.326 e. The molecular formula is C52H93N7O14. The monoisotopic (exact) mass is 1040 g/mol. The number of unbranched alkanes of at least 4 members (excludes halogenated alkanes) is 4. The second-order valence-electron chi connectivity index (χ2n) is 21.8. The second-order valence-corrected chi connectivity index (χ2v) is 21.8. The second kappa shape index (κ2) is 35.7. The Balaban J connectivity index is 6.27. The van der Waals surface area contributed by atoms with E-state index in [1.807, 2.05) is 0 Å². The van der Waals surface area contributed by atoms with Gasteiger partial charge in [0.2, 0.25) is 41.4 Å². The number of aliphatic hydroxyl groups excluding tert-OH is 1. The van der Waals surface area contributed by atoms with Gasteiger partial charge in [-0.15, -0.1) is 0 Å². The molecule has 0 saturated carbocycles. The third kappa shape index (κ3) is 30.5. The molecule has 0 saturated heterocycles. The van der Waals surface area contributed by atoms with Crippen LogP contribution in [0.15, 0.2) is 0 Å². The van der Waals surface area contributed by atoms with Crippen molar-refractivity contribution in [2.24, 2.45) is 35.5 Å². The number of hydrogen-bond acceptors (Lipinski definition) is 11. The number of carbonyl (C=O) groups is 10. The van der Waals surface area contributed by atoms with Gasteiger partial charge in [0.1, 0.15) is 42.3 Å². The topological polar surface area (TPSA) is 336 Å². The zero-order chi connectivity index (χ0) is 56.1. The Bertz CT molecular complexity index is 1770. The molecule has 0 bridgehead atoms. The van der Waals surface area contributed by atoms with E-state index in [9.17, 15) is 68.4 Å². The van der Waals surface area contributed by atoms with Crippen molar-refractivity contribution in [3.63, 3.8) is 0 Å². The molecule has 21 nitrogen and oxygen atoms in total. The molecule has 0 aromatic rings. The van der Waals surface area contributed by atoms with Gasteiger partial charge in [0.15, 0.2) is 0 Å². The summed E-state index contributed by atoms with van der Waals surface area (Å²) in [4.78, 5) is 131. The molecule has 0 aliphatic carbocycles. The van der Waals surface area contributed by atoms with Gasteiger partial charge in [0.05, 0.1) is 18.9 Å². The molecule has 0 aliphatic heterocycles. The van der Waals surface area contributed by atoms with E-state index in [-0.39, 0.29) is 62.2 Å². The summed E-state index contributed by atoms with van der Waals surface area (Å²) in [5.41, 5.74) is 0. The Kier molecular flexibility index (Phi) is 33.1. The van der Waals surface area contributed by atoms with E-state index in [0.29, 0.717) is 18.8 Å². The van der Waals surface area contributed by atoms with Gasteiger partial charge in [-0.25, -0.2) is 4.79 Å². The summed E-state index contributed by atoms with van der Waals surface area (Å²) in [7, 11) is 0. The molecular weight excluding hydrogens is 947 g/mol. The number of rotatable bonds is 39. The normalized spacial score (nSPS) is 15.3. The first kappa shape index (κ1) is 67.7. The molecule has 0 spiro atoms. The average Bonchev–Trinajstić information content (AvgIpc) is 3.26. The zero-order valence-corrected chi connectivity index (χ0v) is 45.8. The quantitative estimate of drug-likeness (QED) is 0.0385. The first-order valence-corrected chi connectivity index (χ1v) is 26.4. The van der Waals surface area contributed by atoms with Gasteiger partial charge >= 0.3 is 17.9 Å². The fourth-order valence-electron chi connectivity index (χ4n) is 8.04. The molecule has 0 radical (unpaired) electrons. The van der Waals surface area contributed by atoms with Gasteiger partial charge in [0.25, 0.3) is 0 Å². The highest BCUT2D eigenvalue weighted by molar-refractivity contribution is 5.98. The van der Waals surface area contributed by atoms with Crippen molar-refractivity contribution in [2.75, 3.05) is 0 Å². The molecule has 11 N–H and O–H groups in total. The molecule has 1 unspecified atom stereocenters. The van der Waals surface area contributed by atoms with Gasteiger partial charge in [-0.05, 0) is 74.0 Å². The predicted molar refractivity (Wildman–Crippen MR) is 275 cm³/mol. The maximum atomic E-state index is 14.1. The van der Waals surface area contributed by atoms with Crippen molar-refractivity contribution in [3.05, 3.63) is 0 Å². The van der Waals surface area contributed by atoms with Crippen molar-refractivity contribution in [3.8, 4) is 0 Å². The molecule has 21 heteroatoms. The van der Waals surface area contributed by atoms with Gasteiger partial charge in [0, 0.05) is 6.42 Å². The van der Waals surface area contributed by atoms with Crippen LogP contribution in [-0.4, -0.2) is 128 Å². The minimum Gasteiger partial charge on any atom is -0.481 e. The molecule has 0 fully saturated rings. The lowest BCUT2D eigenvalue weighted by molar-refractivity contribution is -0.143. The first-order valence-electron chi connectivity index (χ1n) is 26.4. The third-order valence-corrected chi connectivity index (χ3v) is 12.3. The van der Waals surface area contributed by atoms with Crippen molar-refractivity contribution >= 4 is 59.3 Å². The molecule has 0 rings (SSSR count). The molecule has 420 valence electrons. The summed E-state index contributed by atoms with van der Waals surface area (Å²) >= 11 is 0. The van der Waals surface area contributed by atoms with Crippen LogP contribution < -0.4 is 37.2 Å². The van der Waals surface area contributed by atoms with Gasteiger partial charge in [-0.2, -0.15) is 0 Å². The van der Waals surface area contributed by atoms with Crippen LogP contribution >= 0.6 is 0 Å². The number of carboxylic acid groups (broad SMARTS) is 3. The Morgan fingerprint density at radius 2 is 0.781 bits per heavy atom. The minimum atomic E-state index is -1.75. The lowest BCUT2D eigenvalue weighted by Gasteiger charge is -2.29. The van der Waals surface area contributed by atoms with E-state index in [1.54, 1.807) is 69.2 Å². The van der Waals surface area contributed by atoms with Crippen molar-refractivity contribution in [1.29, 1.82) is 0 Å². The highest BCUT2D eigenvalue weighted by Gasteiger charge is 2.36. The lowest BCUT2D eigenvalue weighted by Crippen LogP contribution is -2.61. The van der Waals surface area contributed by atoms with Gasteiger partial charge in [-0.3, -0.25) is 43.2 Å². The standard InChI is InChI=1S/C52H93N7O14/c1-13-34(12)19-17-15-14-16-18-20-35(60)27-42(61)53-36(21-22-43(62)63)46(66)54-37(23-29(2)3)47(67)56-39(25-31(6)7)50(70)59-45(33(10)11)51(71)57-40(28-44(64)65)49(69)55-38(24-30(4)5)48(68)58-41(52(72)73)26-32(8)9/h29-41,45,60H,13-28H2,1-12H3,(H,53,61)(H,54,66)(H,55,69)(H,56,67)(H,57,71)(H,58,68)(H,59,70)(H,62,63)(H,64,65)(H,72,73)/t34?,35-,36+,37+,38-,39-,40+,41+,45+/m1/s1. The SMILES string of the molecule is CCC(C)CCCCCCC[C@@H](O)CC(=O)N[C@@H](CCC(=O)O)C(=O)N[C@@H](CC(C)C)C(=O)N[C@H](CC(C)C)C(=O)N[C@H](C(=O)N[C@@H](CC(=O)O)C(=O)N[C@H](CC(C)C)C(=O)N[C@@H](CC(C)C)C(=O)O)C(C)C. The van der Waals surface area contributed by atoms with E-state index >= 15 is 0 Å². The van der Waals surface area contributed by atoms with Crippen molar-refractivity contribution < 1.29 is 68.4 Å². The molecule has 0 aromatic heterocycles. The Labute approximate surface area is 433 Å². The molecule has 0 aliphatic rings. The summed E-state index contributed by atoms with van der Waals surface area (Å²) in [6.07, 6.45) is 4.75. The van der Waals surface area contributed by atoms with Crippen LogP contribution in [0.25, 0.3) is 0 Å². The van der Waals surface area contributed by atoms with Crippen LogP contribution in [-0.2, 0) is 47.9 Å². The van der Waals surface area contributed by atoms with Crippen LogP contribution in [0.5, 0.6) is 0 Å². The third-order valence-electron chi connectivity index (χ3n) is 12.3. The number of carbonyl (C=O) groups excluding carboxylic acids is 7. The molecule has 0 heterocycles. The summed E-state index contributed by atoms with van der Waals surface area (Å²) in [5, 5.41) is 57.2. The fraction of sp³-hybridized carbons (Fsp3) is 0.808. The summed E-state index contributed by atoms with van der Waals surface area (Å²) < 4.78 is 0. The van der Waals surface area contributed by atoms with Crippen LogP contribution in [0.1, 0.15) is 186 Å². The minimum absolute atomic E-state index is 0.0423. The zero-order valence-electron chi connectivity index (χ0n) is 45.8. The van der Waals surface area contributed by atoms with Gasteiger partial charge in [-0.1, -0.05) is 128 Å². The van der Waals surface area contributed by atoms with E-state index in [0.717, 1.165) is 32.1 Å². The predicted octanol–water partition coefficient (Wildman–Crippen LogP) is 4.17. The number of aliphatic hydroxyl groups is 1. The molecule has 73 heavy (non-hydrogen) atoms. The summed E-state index contributed by atoms with van der Waals surface area (Å²) in [6.45, 7) is 21.8. The highest BCUT2D eigenvalue weighted by atomic mass is 16.4. The maximum absolute atomic E-state index is 14.1. The van der Waals surface area contributed by atoms with E-state index in [1.165, 1.54) is 6.42 Å². The number of nitrogens with one attached hydrogen (secondary N) is 7. The lowest BCUT2D eigenvalue weighted by atomic mass is 9.98. The fourth-order valence-corrected chi connectivity index (χ4v) is 8.04. The van der Waals surface area contributed by atoms with E-state index in [2.05, 4.69) is 51.1 Å². The van der Waals surface area contributed by atoms with Crippen LogP contribution in [0.3, 0.4) is 0 Å². The van der Waals surface area contributed by atoms with Crippen LogP contribution in [0.4, 0.5) is 0 Å². The summed E-state index contributed by atoms with van der Waals surface area (Å²) in [5.74, 6) is -10.6. The average molecular weight is 1040 g/mol. The summed E-state index contributed by atoms with van der Waals surface area (Å²) in [6, 6.07) is -9.65. The number of carboxylic acids is 3. The Morgan fingerprint density at radius 1 is 0.397 bits per heavy atom. The Hall–Kier alpha value is -5.34. The number of aliphatic carboxylic acids is 3. The van der Waals surface area contributed by atoms with Gasteiger partial charge < -0.3 is 57.6 Å². The maximum Gasteiger partial charge on any atom is 0.326 e. The van der Waals surface area contributed by atoms with Crippen molar-refractivity contribution in [2.45, 2.75) is 234 Å². The van der Waals surface area contributed by atoms with E-state index in [4.69, 9.17) is 0 Å². The largest absolute Gasteiger partial charge is 0.481 e. The number of amides is 7. The first-order chi connectivity index (χ1) is 34.0. The number of hydrogen-bond donors (Lipinski definition) is 11. The highest BCUT2D eigenvalue weighted by Crippen LogP contribution is 2.17. The van der Waals surface area contributed by atoms with Crippen LogP contribution in [0.2, 0.25) is 0 Å². The van der Waals surface area contributed by atoms with Crippen molar-refractivity contribution in [1.82, 2.24) is 37.2 Å². The molecule has 7 amide bonds. The molecule has 9 atom stereocenters. The molecule has 0 aromatic carbocycles.